The molecule has 0 heterocycles. The van der Waals surface area contributed by atoms with Crippen LogP contribution in [0.5, 0.6) is 5.75 Å². The molecule has 5 heteroatoms. The van der Waals surface area contributed by atoms with E-state index in [4.69, 9.17) is 4.74 Å². The standard InChI is InChI=1S/C14H21FN2O2/c1-4-5-8-16-14(18)10(2)17-11-6-7-13(19-3)12(15)9-11/h6-7,9-10,17H,4-5,8H2,1-3H3,(H,16,18). The molecule has 0 saturated heterocycles. The molecule has 0 aromatic heterocycles. The highest BCUT2D eigenvalue weighted by Crippen LogP contribution is 2.20. The lowest BCUT2D eigenvalue weighted by atomic mass is 10.2. The van der Waals surface area contributed by atoms with E-state index in [1.54, 1.807) is 13.0 Å². The van der Waals surface area contributed by atoms with Crippen LogP contribution in [0, 0.1) is 5.82 Å². The maximum atomic E-state index is 13.5. The lowest BCUT2D eigenvalue weighted by Crippen LogP contribution is -2.38. The Bertz CT molecular complexity index is 424. The van der Waals surface area contributed by atoms with Crippen molar-refractivity contribution >= 4 is 11.6 Å². The van der Waals surface area contributed by atoms with E-state index in [0.29, 0.717) is 12.2 Å². The Morgan fingerprint density at radius 1 is 1.47 bits per heavy atom. The third kappa shape index (κ3) is 4.77. The molecule has 1 aromatic rings. The summed E-state index contributed by atoms with van der Waals surface area (Å²) in [7, 11) is 1.41. The molecule has 2 N–H and O–H groups in total. The SMILES string of the molecule is CCCCNC(=O)C(C)Nc1ccc(OC)c(F)c1. The fourth-order valence-corrected chi connectivity index (χ4v) is 1.61. The summed E-state index contributed by atoms with van der Waals surface area (Å²) in [6, 6.07) is 4.11. The van der Waals surface area contributed by atoms with Gasteiger partial charge in [0.15, 0.2) is 11.6 Å². The van der Waals surface area contributed by atoms with Gasteiger partial charge in [-0.05, 0) is 25.5 Å². The van der Waals surface area contributed by atoms with Gasteiger partial charge in [0, 0.05) is 18.3 Å². The van der Waals surface area contributed by atoms with E-state index in [9.17, 15) is 9.18 Å². The van der Waals surface area contributed by atoms with Crippen molar-refractivity contribution in [3.8, 4) is 5.75 Å². The summed E-state index contributed by atoms with van der Waals surface area (Å²) < 4.78 is 18.3. The molecule has 0 radical (unpaired) electrons. The first-order valence-electron chi connectivity index (χ1n) is 6.46. The summed E-state index contributed by atoms with van der Waals surface area (Å²) in [6.07, 6.45) is 1.99. The molecule has 0 aliphatic rings. The lowest BCUT2D eigenvalue weighted by Gasteiger charge is -2.15. The number of amides is 1. The molecule has 1 unspecified atom stereocenters. The number of rotatable bonds is 7. The van der Waals surface area contributed by atoms with E-state index >= 15 is 0 Å². The minimum atomic E-state index is -0.453. The number of halogens is 1. The van der Waals surface area contributed by atoms with Crippen LogP contribution in [0.4, 0.5) is 10.1 Å². The molecule has 0 saturated carbocycles. The number of anilines is 1. The van der Waals surface area contributed by atoms with Crippen LogP contribution in [0.25, 0.3) is 0 Å². The van der Waals surface area contributed by atoms with Crippen molar-refractivity contribution in [2.75, 3.05) is 19.0 Å². The number of methoxy groups -OCH3 is 1. The first-order chi connectivity index (χ1) is 9.08. The van der Waals surface area contributed by atoms with Crippen molar-refractivity contribution in [1.82, 2.24) is 5.32 Å². The molecule has 0 spiro atoms. The lowest BCUT2D eigenvalue weighted by molar-refractivity contribution is -0.121. The molecular formula is C14H21FN2O2. The van der Waals surface area contributed by atoms with E-state index in [0.717, 1.165) is 12.8 Å². The van der Waals surface area contributed by atoms with Crippen molar-refractivity contribution in [1.29, 1.82) is 0 Å². The highest BCUT2D eigenvalue weighted by atomic mass is 19.1. The molecule has 1 aromatic carbocycles. The largest absolute Gasteiger partial charge is 0.494 e. The van der Waals surface area contributed by atoms with Gasteiger partial charge in [-0.2, -0.15) is 0 Å². The zero-order chi connectivity index (χ0) is 14.3. The fraction of sp³-hybridized carbons (Fsp3) is 0.500. The van der Waals surface area contributed by atoms with E-state index in [1.165, 1.54) is 19.2 Å². The van der Waals surface area contributed by atoms with Gasteiger partial charge >= 0.3 is 0 Å². The Labute approximate surface area is 113 Å². The van der Waals surface area contributed by atoms with Gasteiger partial charge < -0.3 is 15.4 Å². The molecule has 19 heavy (non-hydrogen) atoms. The van der Waals surface area contributed by atoms with Crippen LogP contribution in [-0.4, -0.2) is 25.6 Å². The van der Waals surface area contributed by atoms with Gasteiger partial charge in [-0.3, -0.25) is 4.79 Å². The Morgan fingerprint density at radius 3 is 2.79 bits per heavy atom. The third-order valence-corrected chi connectivity index (χ3v) is 2.76. The van der Waals surface area contributed by atoms with Gasteiger partial charge in [0.25, 0.3) is 0 Å². The zero-order valence-corrected chi connectivity index (χ0v) is 11.6. The summed E-state index contributed by atoms with van der Waals surface area (Å²) >= 11 is 0. The van der Waals surface area contributed by atoms with Crippen molar-refractivity contribution in [2.45, 2.75) is 32.7 Å². The molecule has 0 bridgehead atoms. The van der Waals surface area contributed by atoms with Gasteiger partial charge in [0.05, 0.1) is 7.11 Å². The average Bonchev–Trinajstić information content (AvgIpc) is 2.39. The second-order valence-electron chi connectivity index (χ2n) is 4.36. The number of hydrogen-bond donors (Lipinski definition) is 2. The molecular weight excluding hydrogens is 247 g/mol. The molecule has 0 aliphatic heterocycles. The van der Waals surface area contributed by atoms with E-state index < -0.39 is 11.9 Å². The minimum Gasteiger partial charge on any atom is -0.494 e. The second-order valence-corrected chi connectivity index (χ2v) is 4.36. The van der Waals surface area contributed by atoms with Crippen LogP contribution < -0.4 is 15.4 Å². The molecule has 0 aliphatic carbocycles. The summed E-state index contributed by atoms with van der Waals surface area (Å²) in [5, 5.41) is 5.77. The van der Waals surface area contributed by atoms with Crippen LogP contribution in [0.1, 0.15) is 26.7 Å². The van der Waals surface area contributed by atoms with E-state index in [2.05, 4.69) is 17.6 Å². The van der Waals surface area contributed by atoms with Crippen molar-refractivity contribution in [2.24, 2.45) is 0 Å². The Hall–Kier alpha value is -1.78. The number of unbranched alkanes of at least 4 members (excludes halogenated alkanes) is 1. The monoisotopic (exact) mass is 268 g/mol. The molecule has 1 amide bonds. The second kappa shape index (κ2) is 7.61. The maximum absolute atomic E-state index is 13.5. The molecule has 4 nitrogen and oxygen atoms in total. The highest BCUT2D eigenvalue weighted by molar-refractivity contribution is 5.84. The quantitative estimate of drug-likeness (QED) is 0.747. The highest BCUT2D eigenvalue weighted by Gasteiger charge is 2.12. The number of benzene rings is 1. The number of nitrogens with one attached hydrogen (secondary N) is 2. The van der Waals surface area contributed by atoms with E-state index in [1.807, 2.05) is 0 Å². The molecule has 1 atom stereocenters. The Kier molecular flexibility index (Phi) is 6.12. The van der Waals surface area contributed by atoms with E-state index in [-0.39, 0.29) is 11.7 Å². The Morgan fingerprint density at radius 2 is 2.21 bits per heavy atom. The van der Waals surface area contributed by atoms with Crippen LogP contribution in [0.2, 0.25) is 0 Å². The normalized spacial score (nSPS) is 11.8. The predicted octanol–water partition coefficient (Wildman–Crippen LogP) is 2.55. The number of hydrogen-bond acceptors (Lipinski definition) is 3. The maximum Gasteiger partial charge on any atom is 0.242 e. The third-order valence-electron chi connectivity index (χ3n) is 2.76. The number of carbonyl (C=O) groups is 1. The molecule has 1 rings (SSSR count). The van der Waals surface area contributed by atoms with Crippen LogP contribution in [0.15, 0.2) is 18.2 Å². The fourth-order valence-electron chi connectivity index (χ4n) is 1.61. The zero-order valence-electron chi connectivity index (χ0n) is 11.6. The van der Waals surface area contributed by atoms with Gasteiger partial charge in [-0.1, -0.05) is 13.3 Å². The summed E-state index contributed by atoms with van der Waals surface area (Å²) in [5.74, 6) is -0.360. The van der Waals surface area contributed by atoms with Crippen LogP contribution in [-0.2, 0) is 4.79 Å². The summed E-state index contributed by atoms with van der Waals surface area (Å²) in [4.78, 5) is 11.7. The molecule has 0 fully saturated rings. The van der Waals surface area contributed by atoms with Crippen molar-refractivity contribution in [3.63, 3.8) is 0 Å². The van der Waals surface area contributed by atoms with Crippen molar-refractivity contribution in [3.05, 3.63) is 24.0 Å². The van der Waals surface area contributed by atoms with Crippen LogP contribution in [0.3, 0.4) is 0 Å². The van der Waals surface area contributed by atoms with Gasteiger partial charge in [0.2, 0.25) is 5.91 Å². The smallest absolute Gasteiger partial charge is 0.242 e. The first kappa shape index (κ1) is 15.3. The molecule has 106 valence electrons. The topological polar surface area (TPSA) is 50.4 Å². The predicted molar refractivity (Wildman–Crippen MR) is 74.0 cm³/mol. The first-order valence-corrected chi connectivity index (χ1v) is 6.46. The average molecular weight is 268 g/mol. The van der Waals surface area contributed by atoms with Gasteiger partial charge in [0.1, 0.15) is 6.04 Å². The summed E-state index contributed by atoms with van der Waals surface area (Å²) in [6.45, 7) is 4.47. The summed E-state index contributed by atoms with van der Waals surface area (Å²) in [5.41, 5.74) is 0.552. The van der Waals surface area contributed by atoms with Crippen molar-refractivity contribution < 1.29 is 13.9 Å². The van der Waals surface area contributed by atoms with Gasteiger partial charge in [-0.15, -0.1) is 0 Å². The van der Waals surface area contributed by atoms with Gasteiger partial charge in [-0.25, -0.2) is 4.39 Å². The van der Waals surface area contributed by atoms with Crippen LogP contribution >= 0.6 is 0 Å². The number of carbonyl (C=O) groups excluding carboxylic acids is 1. The Balaban J connectivity index is 2.54. The number of ether oxygens (including phenoxy) is 1. The minimum absolute atomic E-state index is 0.0929.